The van der Waals surface area contributed by atoms with Crippen molar-refractivity contribution in [1.82, 2.24) is 4.90 Å². The molecule has 1 heterocycles. The van der Waals surface area contributed by atoms with Crippen LogP contribution in [0.25, 0.3) is 0 Å². The molecule has 0 spiro atoms. The van der Waals surface area contributed by atoms with Crippen molar-refractivity contribution in [3.05, 3.63) is 66.7 Å². The fourth-order valence-corrected chi connectivity index (χ4v) is 3.86. The molecule has 2 amide bonds. The van der Waals surface area contributed by atoms with Gasteiger partial charge in [-0.1, -0.05) is 25.1 Å². The Morgan fingerprint density at radius 3 is 2.35 bits per heavy atom. The smallest absolute Gasteiger partial charge is 0.257 e. The van der Waals surface area contributed by atoms with Crippen LogP contribution in [-0.4, -0.2) is 48.5 Å². The molecular formula is C24H28N4O2S. The van der Waals surface area contributed by atoms with E-state index in [1.807, 2.05) is 67.5 Å². The number of carbonyl (C=O) groups excluding carboxylic acids is 2. The van der Waals surface area contributed by atoms with E-state index in [1.54, 1.807) is 11.0 Å². The van der Waals surface area contributed by atoms with E-state index in [0.29, 0.717) is 17.3 Å². The standard InChI is InChI=1S/C24H28N4O2S/c1-5-15-27(24(31)25-18-9-13-19(14-10-18)26(3)4)21-16-22(29)28(23(21)30)20-11-7-17(6-2)8-12-20/h5,7-14,21H,1,6,15-16H2,2-4H3,(H,25,31). The number of anilines is 3. The fraction of sp³-hybridized carbons (Fsp3) is 0.292. The van der Waals surface area contributed by atoms with Gasteiger partial charge in [0.25, 0.3) is 5.91 Å². The maximum absolute atomic E-state index is 13.2. The lowest BCUT2D eigenvalue weighted by Crippen LogP contribution is -2.47. The van der Waals surface area contributed by atoms with Gasteiger partial charge in [-0.3, -0.25) is 9.59 Å². The highest BCUT2D eigenvalue weighted by molar-refractivity contribution is 7.80. The number of hydrogen-bond acceptors (Lipinski definition) is 4. The third-order valence-corrected chi connectivity index (χ3v) is 5.66. The van der Waals surface area contributed by atoms with Gasteiger partial charge in [0.15, 0.2) is 5.11 Å². The van der Waals surface area contributed by atoms with E-state index in [9.17, 15) is 9.59 Å². The molecule has 1 N–H and O–H groups in total. The largest absolute Gasteiger partial charge is 0.378 e. The number of benzene rings is 2. The van der Waals surface area contributed by atoms with Gasteiger partial charge in [-0.15, -0.1) is 6.58 Å². The van der Waals surface area contributed by atoms with E-state index in [0.717, 1.165) is 23.4 Å². The topological polar surface area (TPSA) is 55.9 Å². The highest BCUT2D eigenvalue weighted by Crippen LogP contribution is 2.27. The highest BCUT2D eigenvalue weighted by Gasteiger charge is 2.43. The molecule has 0 radical (unpaired) electrons. The van der Waals surface area contributed by atoms with Crippen molar-refractivity contribution in [2.24, 2.45) is 0 Å². The maximum Gasteiger partial charge on any atom is 0.257 e. The van der Waals surface area contributed by atoms with Crippen molar-refractivity contribution in [3.63, 3.8) is 0 Å². The molecular weight excluding hydrogens is 408 g/mol. The van der Waals surface area contributed by atoms with Crippen molar-refractivity contribution >= 4 is 46.2 Å². The third-order valence-electron chi connectivity index (χ3n) is 5.32. The van der Waals surface area contributed by atoms with Crippen molar-refractivity contribution in [2.75, 3.05) is 35.8 Å². The molecule has 162 valence electrons. The van der Waals surface area contributed by atoms with E-state index >= 15 is 0 Å². The first-order valence-electron chi connectivity index (χ1n) is 10.3. The number of carbonyl (C=O) groups is 2. The van der Waals surface area contributed by atoms with Gasteiger partial charge in [-0.2, -0.15) is 0 Å². The summed E-state index contributed by atoms with van der Waals surface area (Å²) in [6.45, 7) is 6.21. The van der Waals surface area contributed by atoms with Gasteiger partial charge < -0.3 is 15.1 Å². The zero-order valence-electron chi connectivity index (χ0n) is 18.2. The molecule has 3 rings (SSSR count). The third kappa shape index (κ3) is 4.94. The summed E-state index contributed by atoms with van der Waals surface area (Å²) in [5, 5.41) is 3.57. The molecule has 0 aromatic heterocycles. The second-order valence-electron chi connectivity index (χ2n) is 7.62. The Hall–Kier alpha value is -3.19. The molecule has 31 heavy (non-hydrogen) atoms. The predicted octanol–water partition coefficient (Wildman–Crippen LogP) is 3.83. The molecule has 2 aromatic carbocycles. The van der Waals surface area contributed by atoms with E-state index in [4.69, 9.17) is 12.2 Å². The summed E-state index contributed by atoms with van der Waals surface area (Å²) in [4.78, 5) is 30.9. The van der Waals surface area contributed by atoms with Gasteiger partial charge in [0.05, 0.1) is 12.1 Å². The molecule has 1 saturated heterocycles. The minimum Gasteiger partial charge on any atom is -0.378 e. The van der Waals surface area contributed by atoms with E-state index < -0.39 is 6.04 Å². The van der Waals surface area contributed by atoms with Crippen LogP contribution in [0.5, 0.6) is 0 Å². The zero-order chi connectivity index (χ0) is 22.5. The Kier molecular flexibility index (Phi) is 7.07. The predicted molar refractivity (Wildman–Crippen MR) is 131 cm³/mol. The van der Waals surface area contributed by atoms with Crippen LogP contribution in [0.3, 0.4) is 0 Å². The summed E-state index contributed by atoms with van der Waals surface area (Å²) in [7, 11) is 3.95. The molecule has 1 aliphatic heterocycles. The summed E-state index contributed by atoms with van der Waals surface area (Å²) in [5.41, 5.74) is 3.62. The van der Waals surface area contributed by atoms with Crippen LogP contribution < -0.4 is 15.1 Å². The van der Waals surface area contributed by atoms with Crippen molar-refractivity contribution in [1.29, 1.82) is 0 Å². The van der Waals surface area contributed by atoms with Gasteiger partial charge in [0.2, 0.25) is 5.91 Å². The molecule has 1 unspecified atom stereocenters. The Balaban J connectivity index is 1.78. The molecule has 0 bridgehead atoms. The van der Waals surface area contributed by atoms with Crippen molar-refractivity contribution in [2.45, 2.75) is 25.8 Å². The second-order valence-corrected chi connectivity index (χ2v) is 8.01. The number of aryl methyl sites for hydroxylation is 1. The molecule has 2 aromatic rings. The lowest BCUT2D eigenvalue weighted by molar-refractivity contribution is -0.122. The monoisotopic (exact) mass is 436 g/mol. The van der Waals surface area contributed by atoms with Gasteiger partial charge in [0, 0.05) is 32.0 Å². The normalized spacial score (nSPS) is 15.7. The van der Waals surface area contributed by atoms with Crippen LogP contribution >= 0.6 is 12.2 Å². The number of thiocarbonyl (C=S) groups is 1. The quantitative estimate of drug-likeness (QED) is 0.404. The zero-order valence-corrected chi connectivity index (χ0v) is 19.0. The molecule has 1 atom stereocenters. The highest BCUT2D eigenvalue weighted by atomic mass is 32.1. The van der Waals surface area contributed by atoms with E-state index in [1.165, 1.54) is 4.90 Å². The average molecular weight is 437 g/mol. The summed E-state index contributed by atoms with van der Waals surface area (Å²) < 4.78 is 0. The molecule has 0 saturated carbocycles. The molecule has 7 heteroatoms. The van der Waals surface area contributed by atoms with Crippen LogP contribution in [0.4, 0.5) is 17.1 Å². The first-order chi connectivity index (χ1) is 14.8. The Bertz CT molecular complexity index is 970. The summed E-state index contributed by atoms with van der Waals surface area (Å²) >= 11 is 5.60. The summed E-state index contributed by atoms with van der Waals surface area (Å²) in [6.07, 6.45) is 2.65. The molecule has 6 nitrogen and oxygen atoms in total. The minimum atomic E-state index is -0.669. The maximum atomic E-state index is 13.2. The number of imide groups is 1. The number of amides is 2. The van der Waals surface area contributed by atoms with Crippen LogP contribution in [0.15, 0.2) is 61.2 Å². The molecule has 0 aliphatic carbocycles. The van der Waals surface area contributed by atoms with Crippen LogP contribution in [0.2, 0.25) is 0 Å². The lowest BCUT2D eigenvalue weighted by Gasteiger charge is -2.29. The number of nitrogens with zero attached hydrogens (tertiary/aromatic N) is 3. The molecule has 1 fully saturated rings. The van der Waals surface area contributed by atoms with Crippen LogP contribution in [-0.2, 0) is 16.0 Å². The van der Waals surface area contributed by atoms with E-state index in [-0.39, 0.29) is 18.2 Å². The minimum absolute atomic E-state index is 0.0730. The number of hydrogen-bond donors (Lipinski definition) is 1. The Morgan fingerprint density at radius 1 is 1.16 bits per heavy atom. The average Bonchev–Trinajstić information content (AvgIpc) is 3.06. The van der Waals surface area contributed by atoms with Gasteiger partial charge >= 0.3 is 0 Å². The van der Waals surface area contributed by atoms with Crippen molar-refractivity contribution < 1.29 is 9.59 Å². The van der Waals surface area contributed by atoms with Crippen molar-refractivity contribution in [3.8, 4) is 0 Å². The molecule has 1 aliphatic rings. The SMILES string of the molecule is C=CCN(C(=S)Nc1ccc(N(C)C)cc1)C1CC(=O)N(c2ccc(CC)cc2)C1=O. The summed E-state index contributed by atoms with van der Waals surface area (Å²) in [6, 6.07) is 14.7. The first-order valence-corrected chi connectivity index (χ1v) is 10.7. The van der Waals surface area contributed by atoms with Gasteiger partial charge in [-0.25, -0.2) is 4.90 Å². The first kappa shape index (κ1) is 22.5. The van der Waals surface area contributed by atoms with Gasteiger partial charge in [-0.05, 0) is 60.6 Å². The number of rotatable bonds is 7. The van der Waals surface area contributed by atoms with Gasteiger partial charge in [0.1, 0.15) is 6.04 Å². The Labute approximate surface area is 189 Å². The van der Waals surface area contributed by atoms with Crippen LogP contribution in [0.1, 0.15) is 18.9 Å². The van der Waals surface area contributed by atoms with E-state index in [2.05, 4.69) is 18.8 Å². The number of nitrogens with one attached hydrogen (secondary N) is 1. The lowest BCUT2D eigenvalue weighted by atomic mass is 10.1. The second kappa shape index (κ2) is 9.75. The van der Waals surface area contributed by atoms with Crippen LogP contribution in [0, 0.1) is 0 Å². The fourth-order valence-electron chi connectivity index (χ4n) is 3.54. The summed E-state index contributed by atoms with van der Waals surface area (Å²) in [5.74, 6) is -0.505. The Morgan fingerprint density at radius 2 is 1.81 bits per heavy atom.